The summed E-state index contributed by atoms with van der Waals surface area (Å²) in [6, 6.07) is 4.89. The van der Waals surface area contributed by atoms with E-state index in [1.165, 1.54) is 12.3 Å². The summed E-state index contributed by atoms with van der Waals surface area (Å²) in [5.74, 6) is -0.0897. The summed E-state index contributed by atoms with van der Waals surface area (Å²) < 4.78 is 10.9. The lowest BCUT2D eigenvalue weighted by Crippen LogP contribution is -2.12. The summed E-state index contributed by atoms with van der Waals surface area (Å²) in [6.07, 6.45) is 3.11. The van der Waals surface area contributed by atoms with Gasteiger partial charge in [-0.15, -0.1) is 0 Å². The van der Waals surface area contributed by atoms with E-state index in [-0.39, 0.29) is 5.56 Å². The third kappa shape index (κ3) is 3.25. The van der Waals surface area contributed by atoms with Crippen molar-refractivity contribution in [3.8, 4) is 0 Å². The zero-order valence-corrected chi connectivity index (χ0v) is 11.1. The largest absolute Gasteiger partial charge is 0.478 e. The van der Waals surface area contributed by atoms with Gasteiger partial charge in [0.15, 0.2) is 0 Å². The molecular weight excluding hydrogens is 266 g/mol. The highest BCUT2D eigenvalue weighted by molar-refractivity contribution is 7.84. The molecule has 0 aliphatic rings. The lowest BCUT2D eigenvalue weighted by Gasteiger charge is -2.06. The van der Waals surface area contributed by atoms with Gasteiger partial charge in [-0.1, -0.05) is 6.07 Å². The molecule has 0 saturated heterocycles. The van der Waals surface area contributed by atoms with E-state index >= 15 is 0 Å². The highest BCUT2D eigenvalue weighted by Crippen LogP contribution is 2.17. The molecule has 2 rings (SSSR count). The number of carboxylic acid groups (broad SMARTS) is 1. The van der Waals surface area contributed by atoms with Crippen molar-refractivity contribution in [2.75, 3.05) is 23.9 Å². The molecule has 2 N–H and O–H groups in total. The summed E-state index contributed by atoms with van der Waals surface area (Å²) in [5, 5.41) is 12.5. The average Bonchev–Trinajstić information content (AvgIpc) is 2.37. The predicted octanol–water partition coefficient (Wildman–Crippen LogP) is 1.12. The van der Waals surface area contributed by atoms with Crippen molar-refractivity contribution in [1.82, 2.24) is 9.97 Å². The van der Waals surface area contributed by atoms with E-state index in [4.69, 9.17) is 5.11 Å². The molecule has 100 valence electrons. The molecule has 19 heavy (non-hydrogen) atoms. The summed E-state index contributed by atoms with van der Waals surface area (Å²) in [5.41, 5.74) is 0.744. The average molecular weight is 279 g/mol. The molecule has 1 aromatic carbocycles. The van der Waals surface area contributed by atoms with Crippen LogP contribution in [-0.4, -0.2) is 43.8 Å². The molecule has 0 aliphatic heterocycles. The topological polar surface area (TPSA) is 92.2 Å². The number of hydrogen-bond donors (Lipinski definition) is 2. The fraction of sp³-hybridized carbons (Fsp3) is 0.250. The number of nitrogens with one attached hydrogen (secondary N) is 1. The Kier molecular flexibility index (Phi) is 4.06. The number of fused-ring (bicyclic) bond motifs is 1. The van der Waals surface area contributed by atoms with E-state index in [1.54, 1.807) is 18.4 Å². The maximum absolute atomic E-state index is 11.0. The molecule has 1 atom stereocenters. The number of hydrogen-bond acceptors (Lipinski definition) is 5. The van der Waals surface area contributed by atoms with Gasteiger partial charge >= 0.3 is 5.97 Å². The molecule has 0 bridgehead atoms. The van der Waals surface area contributed by atoms with Gasteiger partial charge in [-0.05, 0) is 12.1 Å². The van der Waals surface area contributed by atoms with Crippen molar-refractivity contribution in [3.05, 3.63) is 30.0 Å². The Morgan fingerprint density at radius 1 is 1.47 bits per heavy atom. The van der Waals surface area contributed by atoms with Gasteiger partial charge < -0.3 is 10.4 Å². The number of aromatic nitrogens is 2. The molecule has 2 aromatic rings. The van der Waals surface area contributed by atoms with Crippen LogP contribution in [0.25, 0.3) is 10.9 Å². The van der Waals surface area contributed by atoms with Crippen LogP contribution in [-0.2, 0) is 10.8 Å². The van der Waals surface area contributed by atoms with Gasteiger partial charge in [0, 0.05) is 40.9 Å². The third-order valence-electron chi connectivity index (χ3n) is 2.53. The zero-order valence-electron chi connectivity index (χ0n) is 10.3. The van der Waals surface area contributed by atoms with Crippen molar-refractivity contribution < 1.29 is 14.1 Å². The monoisotopic (exact) mass is 279 g/mol. The molecule has 0 spiro atoms. The molecule has 0 amide bonds. The lowest BCUT2D eigenvalue weighted by atomic mass is 10.1. The number of carboxylic acids is 1. The van der Waals surface area contributed by atoms with E-state index in [1.807, 2.05) is 0 Å². The standard InChI is InChI=1S/C12H13N3O3S/c1-19(18)6-5-13-12-14-7-9-8(11(16)17)3-2-4-10(9)15-12/h2-4,7H,5-6H2,1H3,(H,16,17)(H,13,14,15). The fourth-order valence-corrected chi connectivity index (χ4v) is 2.02. The van der Waals surface area contributed by atoms with Crippen LogP contribution in [0.1, 0.15) is 10.4 Å². The van der Waals surface area contributed by atoms with Gasteiger partial charge in [0.05, 0.1) is 11.1 Å². The second-order valence-electron chi connectivity index (χ2n) is 3.94. The number of nitrogens with zero attached hydrogens (tertiary/aromatic N) is 2. The molecule has 1 heterocycles. The maximum Gasteiger partial charge on any atom is 0.336 e. The normalized spacial score (nSPS) is 12.3. The molecule has 7 heteroatoms. The Hall–Kier alpha value is -2.02. The number of rotatable bonds is 5. The smallest absolute Gasteiger partial charge is 0.336 e. The Labute approximate surface area is 112 Å². The van der Waals surface area contributed by atoms with Crippen molar-refractivity contribution >= 4 is 33.6 Å². The van der Waals surface area contributed by atoms with Gasteiger partial charge in [0.25, 0.3) is 0 Å². The molecule has 0 fully saturated rings. The van der Waals surface area contributed by atoms with Gasteiger partial charge in [0.1, 0.15) is 0 Å². The number of benzene rings is 1. The van der Waals surface area contributed by atoms with E-state index in [0.29, 0.717) is 29.1 Å². The molecule has 6 nitrogen and oxygen atoms in total. The first-order chi connectivity index (χ1) is 9.08. The Morgan fingerprint density at radius 2 is 2.26 bits per heavy atom. The highest BCUT2D eigenvalue weighted by atomic mass is 32.2. The lowest BCUT2D eigenvalue weighted by molar-refractivity contribution is 0.0699. The molecule has 0 saturated carbocycles. The van der Waals surface area contributed by atoms with Crippen LogP contribution in [0.4, 0.5) is 5.95 Å². The van der Waals surface area contributed by atoms with Gasteiger partial charge in [0.2, 0.25) is 5.95 Å². The van der Waals surface area contributed by atoms with Gasteiger partial charge in [-0.25, -0.2) is 14.8 Å². The van der Waals surface area contributed by atoms with Crippen molar-refractivity contribution in [1.29, 1.82) is 0 Å². The Morgan fingerprint density at radius 3 is 2.95 bits per heavy atom. The summed E-state index contributed by atoms with van der Waals surface area (Å²) in [4.78, 5) is 19.3. The number of carbonyl (C=O) groups is 1. The van der Waals surface area contributed by atoms with Crippen LogP contribution in [0.3, 0.4) is 0 Å². The fourth-order valence-electron chi connectivity index (χ4n) is 1.63. The zero-order chi connectivity index (χ0) is 13.8. The van der Waals surface area contributed by atoms with Crippen LogP contribution in [0, 0.1) is 0 Å². The van der Waals surface area contributed by atoms with Gasteiger partial charge in [-0.3, -0.25) is 4.21 Å². The van der Waals surface area contributed by atoms with Crippen LogP contribution < -0.4 is 5.32 Å². The van der Waals surface area contributed by atoms with E-state index in [9.17, 15) is 9.00 Å². The quantitative estimate of drug-likeness (QED) is 0.852. The molecular formula is C12H13N3O3S. The minimum atomic E-state index is -1.00. The second kappa shape index (κ2) is 5.75. The SMILES string of the molecule is CS(=O)CCNc1ncc2c(C(=O)O)cccc2n1. The van der Waals surface area contributed by atoms with E-state index < -0.39 is 16.8 Å². The molecule has 1 aromatic heterocycles. The van der Waals surface area contributed by atoms with Gasteiger partial charge in [-0.2, -0.15) is 0 Å². The first-order valence-corrected chi connectivity index (χ1v) is 7.33. The maximum atomic E-state index is 11.0. The van der Waals surface area contributed by atoms with Crippen molar-refractivity contribution in [3.63, 3.8) is 0 Å². The van der Waals surface area contributed by atoms with Crippen LogP contribution in [0.2, 0.25) is 0 Å². The summed E-state index contributed by atoms with van der Waals surface area (Å²) >= 11 is 0. The van der Waals surface area contributed by atoms with Crippen LogP contribution in [0.15, 0.2) is 24.4 Å². The van der Waals surface area contributed by atoms with E-state index in [2.05, 4.69) is 15.3 Å². The van der Waals surface area contributed by atoms with Crippen LogP contribution in [0.5, 0.6) is 0 Å². The summed E-state index contributed by atoms with van der Waals surface area (Å²) in [6.45, 7) is 0.507. The Bertz CT molecular complexity index is 645. The molecule has 1 unspecified atom stereocenters. The summed E-state index contributed by atoms with van der Waals surface area (Å²) in [7, 11) is -0.872. The second-order valence-corrected chi connectivity index (χ2v) is 5.50. The highest BCUT2D eigenvalue weighted by Gasteiger charge is 2.09. The van der Waals surface area contributed by atoms with E-state index in [0.717, 1.165) is 0 Å². The first-order valence-electron chi connectivity index (χ1n) is 5.61. The van der Waals surface area contributed by atoms with Crippen LogP contribution >= 0.6 is 0 Å². The van der Waals surface area contributed by atoms with Crippen molar-refractivity contribution in [2.45, 2.75) is 0 Å². The minimum absolute atomic E-state index is 0.179. The number of anilines is 1. The third-order valence-corrected chi connectivity index (χ3v) is 3.31. The Balaban J connectivity index is 2.26. The predicted molar refractivity (Wildman–Crippen MR) is 73.9 cm³/mol. The molecule has 0 radical (unpaired) electrons. The molecule has 0 aliphatic carbocycles. The minimum Gasteiger partial charge on any atom is -0.478 e. The van der Waals surface area contributed by atoms with Crippen molar-refractivity contribution in [2.24, 2.45) is 0 Å². The first kappa shape index (κ1) is 13.4. The number of aromatic carboxylic acids is 1.